The van der Waals surface area contributed by atoms with E-state index in [1.165, 1.54) is 24.3 Å². The van der Waals surface area contributed by atoms with Gasteiger partial charge in [0.1, 0.15) is 11.5 Å². The normalized spacial score (nSPS) is 11.5. The van der Waals surface area contributed by atoms with Crippen LogP contribution >= 0.6 is 0 Å². The van der Waals surface area contributed by atoms with Crippen molar-refractivity contribution in [3.63, 3.8) is 0 Å². The molecule has 0 aliphatic heterocycles. The number of methoxy groups -OCH3 is 1. The van der Waals surface area contributed by atoms with Gasteiger partial charge in [0.15, 0.2) is 5.43 Å². The van der Waals surface area contributed by atoms with Crippen LogP contribution in [0.15, 0.2) is 65.6 Å². The van der Waals surface area contributed by atoms with Gasteiger partial charge in [-0.15, -0.1) is 13.2 Å². The predicted octanol–water partition coefficient (Wildman–Crippen LogP) is 5.47. The second-order valence-corrected chi connectivity index (χ2v) is 6.87. The number of hydrogen-bond donors (Lipinski definition) is 1. The Bertz CT molecular complexity index is 1300. The third-order valence-electron chi connectivity index (χ3n) is 4.88. The summed E-state index contributed by atoms with van der Waals surface area (Å²) in [6, 6.07) is 14.3. The van der Waals surface area contributed by atoms with Gasteiger partial charge in [-0.2, -0.15) is 0 Å². The monoisotopic (exact) mass is 426 g/mol. The lowest BCUT2D eigenvalue weighted by atomic mass is 10.0. The van der Waals surface area contributed by atoms with Gasteiger partial charge in [-0.25, -0.2) is 0 Å². The summed E-state index contributed by atoms with van der Waals surface area (Å²) in [5, 5.41) is 0.534. The molecule has 8 heteroatoms. The third-order valence-corrected chi connectivity index (χ3v) is 4.88. The molecule has 4 aromatic rings. The summed E-state index contributed by atoms with van der Waals surface area (Å²) >= 11 is 0. The zero-order valence-corrected chi connectivity index (χ0v) is 16.6. The Morgan fingerprint density at radius 3 is 2.23 bits per heavy atom. The van der Waals surface area contributed by atoms with Crippen LogP contribution < -0.4 is 14.9 Å². The number of halogens is 3. The molecule has 0 saturated carbocycles. The van der Waals surface area contributed by atoms with Gasteiger partial charge < -0.3 is 14.5 Å². The number of nitrogens with one attached hydrogen (secondary N) is 1. The van der Waals surface area contributed by atoms with Gasteiger partial charge in [0, 0.05) is 28.3 Å². The van der Waals surface area contributed by atoms with Crippen molar-refractivity contribution in [2.75, 3.05) is 7.11 Å². The standard InChI is InChI=1S/C23H17F3N2O3/c1-13-21(28-20-10-8-17(30-2)11-18(20)22(13)29)15-5-9-19(27-12-15)14-3-6-16(7-4-14)31-23(24,25)26/h3-12H,1-2H3,(H,28,29). The van der Waals surface area contributed by atoms with E-state index in [0.29, 0.717) is 44.7 Å². The van der Waals surface area contributed by atoms with Crippen LogP contribution in [0.3, 0.4) is 0 Å². The largest absolute Gasteiger partial charge is 0.573 e. The van der Waals surface area contributed by atoms with E-state index in [2.05, 4.69) is 14.7 Å². The number of aromatic amines is 1. The molecule has 0 aliphatic carbocycles. The minimum atomic E-state index is -4.73. The topological polar surface area (TPSA) is 64.2 Å². The maximum Gasteiger partial charge on any atom is 0.573 e. The van der Waals surface area contributed by atoms with Gasteiger partial charge in [-0.3, -0.25) is 9.78 Å². The number of benzene rings is 2. The molecule has 2 aromatic heterocycles. The number of rotatable bonds is 4. The highest BCUT2D eigenvalue weighted by Gasteiger charge is 2.31. The highest BCUT2D eigenvalue weighted by atomic mass is 19.4. The van der Waals surface area contributed by atoms with Gasteiger partial charge >= 0.3 is 6.36 Å². The van der Waals surface area contributed by atoms with Gasteiger partial charge in [-0.1, -0.05) is 0 Å². The molecule has 2 heterocycles. The van der Waals surface area contributed by atoms with Crippen molar-refractivity contribution in [1.29, 1.82) is 0 Å². The van der Waals surface area contributed by atoms with Crippen molar-refractivity contribution in [1.82, 2.24) is 9.97 Å². The number of pyridine rings is 2. The summed E-state index contributed by atoms with van der Waals surface area (Å²) < 4.78 is 46.0. The summed E-state index contributed by atoms with van der Waals surface area (Å²) in [5.74, 6) is 0.302. The summed E-state index contributed by atoms with van der Waals surface area (Å²) in [6.45, 7) is 1.74. The summed E-state index contributed by atoms with van der Waals surface area (Å²) in [5.41, 5.74) is 3.69. The number of nitrogens with zero attached hydrogens (tertiary/aromatic N) is 1. The summed E-state index contributed by atoms with van der Waals surface area (Å²) in [4.78, 5) is 20.5. The number of fused-ring (bicyclic) bond motifs is 1. The van der Waals surface area contributed by atoms with Crippen LogP contribution in [-0.4, -0.2) is 23.4 Å². The van der Waals surface area contributed by atoms with Gasteiger partial charge in [0.2, 0.25) is 0 Å². The van der Waals surface area contributed by atoms with E-state index in [4.69, 9.17) is 4.74 Å². The molecule has 0 fully saturated rings. The first-order valence-corrected chi connectivity index (χ1v) is 9.28. The van der Waals surface area contributed by atoms with Crippen molar-refractivity contribution in [2.45, 2.75) is 13.3 Å². The summed E-state index contributed by atoms with van der Waals surface area (Å²) in [6.07, 6.45) is -3.12. The van der Waals surface area contributed by atoms with Gasteiger partial charge in [-0.05, 0) is 61.5 Å². The van der Waals surface area contributed by atoms with E-state index in [1.54, 1.807) is 50.6 Å². The molecule has 1 N–H and O–H groups in total. The first kappa shape index (κ1) is 20.5. The van der Waals surface area contributed by atoms with Crippen molar-refractivity contribution in [2.24, 2.45) is 0 Å². The highest BCUT2D eigenvalue weighted by Crippen LogP contribution is 2.28. The van der Waals surface area contributed by atoms with E-state index in [-0.39, 0.29) is 11.2 Å². The van der Waals surface area contributed by atoms with Crippen LogP contribution in [0.5, 0.6) is 11.5 Å². The molecular weight excluding hydrogens is 409 g/mol. The number of ether oxygens (including phenoxy) is 2. The van der Waals surface area contributed by atoms with E-state index >= 15 is 0 Å². The lowest BCUT2D eigenvalue weighted by Gasteiger charge is -2.11. The second kappa shape index (κ2) is 7.79. The molecular formula is C23H17F3N2O3. The molecule has 5 nitrogen and oxygen atoms in total. The van der Waals surface area contributed by atoms with Crippen LogP contribution in [0.2, 0.25) is 0 Å². The van der Waals surface area contributed by atoms with Crippen LogP contribution in [0, 0.1) is 6.92 Å². The highest BCUT2D eigenvalue weighted by molar-refractivity contribution is 5.84. The Hall–Kier alpha value is -3.81. The number of hydrogen-bond acceptors (Lipinski definition) is 4. The van der Waals surface area contributed by atoms with E-state index in [0.717, 1.165) is 0 Å². The molecule has 0 unspecified atom stereocenters. The van der Waals surface area contributed by atoms with E-state index in [9.17, 15) is 18.0 Å². The lowest BCUT2D eigenvalue weighted by Crippen LogP contribution is -2.16. The summed E-state index contributed by atoms with van der Waals surface area (Å²) in [7, 11) is 1.54. The smallest absolute Gasteiger partial charge is 0.497 e. The Kier molecular flexibility index (Phi) is 5.14. The molecule has 0 saturated heterocycles. The third kappa shape index (κ3) is 4.23. The maximum atomic E-state index is 12.8. The molecule has 0 amide bonds. The second-order valence-electron chi connectivity index (χ2n) is 6.87. The molecule has 4 rings (SSSR count). The minimum absolute atomic E-state index is 0.105. The predicted molar refractivity (Wildman–Crippen MR) is 111 cm³/mol. The molecule has 2 aromatic carbocycles. The van der Waals surface area contributed by atoms with Crippen molar-refractivity contribution < 1.29 is 22.6 Å². The SMILES string of the molecule is COc1ccc2[nH]c(-c3ccc(-c4ccc(OC(F)(F)F)cc4)nc3)c(C)c(=O)c2c1. The number of alkyl halides is 3. The Labute approximate surface area is 175 Å². The molecule has 0 spiro atoms. The number of H-pyrrole nitrogens is 1. The molecule has 0 bridgehead atoms. The molecule has 0 radical (unpaired) electrons. The molecule has 0 aliphatic rings. The van der Waals surface area contributed by atoms with Crippen LogP contribution in [0.4, 0.5) is 13.2 Å². The average molecular weight is 426 g/mol. The quantitative estimate of drug-likeness (QED) is 0.470. The minimum Gasteiger partial charge on any atom is -0.497 e. The first-order valence-electron chi connectivity index (χ1n) is 9.28. The van der Waals surface area contributed by atoms with Crippen molar-refractivity contribution in [3.05, 3.63) is 76.6 Å². The zero-order chi connectivity index (χ0) is 22.2. The average Bonchev–Trinajstić information content (AvgIpc) is 2.75. The molecule has 158 valence electrons. The Balaban J connectivity index is 1.66. The maximum absolute atomic E-state index is 12.8. The number of aromatic nitrogens is 2. The Morgan fingerprint density at radius 1 is 0.935 bits per heavy atom. The van der Waals surface area contributed by atoms with Gasteiger partial charge in [0.05, 0.1) is 24.0 Å². The van der Waals surface area contributed by atoms with E-state index < -0.39 is 6.36 Å². The lowest BCUT2D eigenvalue weighted by molar-refractivity contribution is -0.274. The fourth-order valence-corrected chi connectivity index (χ4v) is 3.32. The van der Waals surface area contributed by atoms with E-state index in [1.807, 2.05) is 0 Å². The Morgan fingerprint density at radius 2 is 1.61 bits per heavy atom. The zero-order valence-electron chi connectivity index (χ0n) is 16.6. The van der Waals surface area contributed by atoms with Crippen LogP contribution in [-0.2, 0) is 0 Å². The van der Waals surface area contributed by atoms with Gasteiger partial charge in [0.25, 0.3) is 0 Å². The van der Waals surface area contributed by atoms with Crippen LogP contribution in [0.1, 0.15) is 5.56 Å². The first-order chi connectivity index (χ1) is 14.7. The van der Waals surface area contributed by atoms with Crippen LogP contribution in [0.25, 0.3) is 33.4 Å². The van der Waals surface area contributed by atoms with Crippen molar-refractivity contribution in [3.8, 4) is 34.0 Å². The fraction of sp³-hybridized carbons (Fsp3) is 0.130. The van der Waals surface area contributed by atoms with Crippen molar-refractivity contribution >= 4 is 10.9 Å². The molecule has 31 heavy (non-hydrogen) atoms. The fourth-order valence-electron chi connectivity index (χ4n) is 3.32. The molecule has 0 atom stereocenters.